The summed E-state index contributed by atoms with van der Waals surface area (Å²) in [5, 5.41) is 2.82. The summed E-state index contributed by atoms with van der Waals surface area (Å²) in [6.07, 6.45) is 1.18. The zero-order valence-corrected chi connectivity index (χ0v) is 17.9. The number of rotatable bonds is 7. The molecule has 156 valence electrons. The first-order valence-corrected chi connectivity index (χ1v) is 11.2. The molecule has 1 N–H and O–H groups in total. The summed E-state index contributed by atoms with van der Waals surface area (Å²) >= 11 is 0. The van der Waals surface area contributed by atoms with Gasteiger partial charge in [-0.05, 0) is 54.4 Å². The van der Waals surface area contributed by atoms with E-state index in [4.69, 9.17) is 4.74 Å². The van der Waals surface area contributed by atoms with Crippen molar-refractivity contribution in [3.8, 4) is 5.75 Å². The SMILES string of the molecule is COc1ccccc1NC(=O)c1ccc(CN(c2cccc(C)c2)S(C)(=O)=O)cc1. The van der Waals surface area contributed by atoms with Crippen molar-refractivity contribution in [3.05, 3.63) is 89.5 Å². The predicted octanol–water partition coefficient (Wildman–Crippen LogP) is 4.22. The number of anilines is 2. The van der Waals surface area contributed by atoms with E-state index in [9.17, 15) is 13.2 Å². The molecule has 0 radical (unpaired) electrons. The van der Waals surface area contributed by atoms with E-state index in [2.05, 4.69) is 5.32 Å². The van der Waals surface area contributed by atoms with Crippen LogP contribution in [0.2, 0.25) is 0 Å². The Balaban J connectivity index is 1.78. The van der Waals surface area contributed by atoms with E-state index in [0.717, 1.165) is 11.1 Å². The summed E-state index contributed by atoms with van der Waals surface area (Å²) in [7, 11) is -1.92. The first-order valence-electron chi connectivity index (χ1n) is 9.35. The van der Waals surface area contributed by atoms with Crippen molar-refractivity contribution in [1.82, 2.24) is 0 Å². The third-order valence-electron chi connectivity index (χ3n) is 4.59. The van der Waals surface area contributed by atoms with Crippen LogP contribution in [0.4, 0.5) is 11.4 Å². The number of methoxy groups -OCH3 is 1. The number of nitrogens with zero attached hydrogens (tertiary/aromatic N) is 1. The average molecular weight is 425 g/mol. The largest absolute Gasteiger partial charge is 0.495 e. The van der Waals surface area contributed by atoms with Crippen molar-refractivity contribution in [1.29, 1.82) is 0 Å². The molecule has 0 aromatic heterocycles. The lowest BCUT2D eigenvalue weighted by molar-refractivity contribution is 0.102. The van der Waals surface area contributed by atoms with Gasteiger partial charge in [0.25, 0.3) is 5.91 Å². The van der Waals surface area contributed by atoms with Gasteiger partial charge in [-0.2, -0.15) is 0 Å². The van der Waals surface area contributed by atoms with Crippen LogP contribution in [-0.4, -0.2) is 27.7 Å². The highest BCUT2D eigenvalue weighted by molar-refractivity contribution is 7.92. The van der Waals surface area contributed by atoms with Crippen LogP contribution in [0.15, 0.2) is 72.8 Å². The van der Waals surface area contributed by atoms with Crippen LogP contribution in [0.25, 0.3) is 0 Å². The monoisotopic (exact) mass is 424 g/mol. The maximum atomic E-state index is 12.6. The smallest absolute Gasteiger partial charge is 0.255 e. The number of carbonyl (C=O) groups excluding carboxylic acids is 1. The van der Waals surface area contributed by atoms with Gasteiger partial charge >= 0.3 is 0 Å². The van der Waals surface area contributed by atoms with Gasteiger partial charge in [0.15, 0.2) is 0 Å². The van der Waals surface area contributed by atoms with Crippen LogP contribution in [0.3, 0.4) is 0 Å². The second-order valence-electron chi connectivity index (χ2n) is 6.96. The molecule has 3 aromatic rings. The highest BCUT2D eigenvalue weighted by atomic mass is 32.2. The number of benzene rings is 3. The number of para-hydroxylation sites is 2. The number of nitrogens with one attached hydrogen (secondary N) is 1. The number of carbonyl (C=O) groups is 1. The molecule has 30 heavy (non-hydrogen) atoms. The molecule has 0 heterocycles. The van der Waals surface area contributed by atoms with Crippen molar-refractivity contribution in [2.45, 2.75) is 13.5 Å². The normalized spacial score (nSPS) is 11.0. The maximum absolute atomic E-state index is 12.6. The van der Waals surface area contributed by atoms with E-state index in [1.165, 1.54) is 10.6 Å². The first-order chi connectivity index (χ1) is 14.3. The van der Waals surface area contributed by atoms with Gasteiger partial charge in [0.05, 0.1) is 31.3 Å². The summed E-state index contributed by atoms with van der Waals surface area (Å²) in [6.45, 7) is 2.09. The third-order valence-corrected chi connectivity index (χ3v) is 5.73. The van der Waals surface area contributed by atoms with Crippen molar-refractivity contribution < 1.29 is 17.9 Å². The molecule has 0 saturated carbocycles. The molecule has 1 amide bonds. The quantitative estimate of drug-likeness (QED) is 0.616. The fraction of sp³-hybridized carbons (Fsp3) is 0.174. The van der Waals surface area contributed by atoms with Crippen LogP contribution in [-0.2, 0) is 16.6 Å². The molecule has 0 aliphatic carbocycles. The topological polar surface area (TPSA) is 75.7 Å². The van der Waals surface area contributed by atoms with E-state index in [0.29, 0.717) is 22.7 Å². The molecule has 3 rings (SSSR count). The zero-order valence-electron chi connectivity index (χ0n) is 17.1. The molecule has 0 spiro atoms. The maximum Gasteiger partial charge on any atom is 0.255 e. The minimum atomic E-state index is -3.47. The van der Waals surface area contributed by atoms with Gasteiger partial charge in [-0.15, -0.1) is 0 Å². The Morgan fingerprint density at radius 3 is 2.33 bits per heavy atom. The van der Waals surface area contributed by atoms with Crippen LogP contribution in [0.1, 0.15) is 21.5 Å². The average Bonchev–Trinajstić information content (AvgIpc) is 2.72. The molecule has 0 unspecified atom stereocenters. The van der Waals surface area contributed by atoms with Crippen LogP contribution in [0.5, 0.6) is 5.75 Å². The van der Waals surface area contributed by atoms with Crippen molar-refractivity contribution >= 4 is 27.3 Å². The number of ether oxygens (including phenoxy) is 1. The number of amides is 1. The Hall–Kier alpha value is -3.32. The zero-order chi connectivity index (χ0) is 21.7. The van der Waals surface area contributed by atoms with Gasteiger partial charge in [0.2, 0.25) is 10.0 Å². The molecule has 6 nitrogen and oxygen atoms in total. The Morgan fingerprint density at radius 1 is 1.00 bits per heavy atom. The van der Waals surface area contributed by atoms with Gasteiger partial charge in [-0.3, -0.25) is 9.10 Å². The lowest BCUT2D eigenvalue weighted by atomic mass is 10.1. The van der Waals surface area contributed by atoms with Crippen molar-refractivity contribution in [2.75, 3.05) is 23.0 Å². The van der Waals surface area contributed by atoms with Gasteiger partial charge in [-0.1, -0.05) is 36.4 Å². The van der Waals surface area contributed by atoms with Crippen LogP contribution in [0, 0.1) is 6.92 Å². The van der Waals surface area contributed by atoms with Gasteiger partial charge in [-0.25, -0.2) is 8.42 Å². The molecule has 0 aliphatic heterocycles. The molecule has 3 aromatic carbocycles. The molecule has 0 saturated heterocycles. The lowest BCUT2D eigenvalue weighted by Gasteiger charge is -2.23. The van der Waals surface area contributed by atoms with E-state index in [1.807, 2.05) is 37.3 Å². The predicted molar refractivity (Wildman–Crippen MR) is 120 cm³/mol. The van der Waals surface area contributed by atoms with Crippen LogP contribution < -0.4 is 14.4 Å². The van der Waals surface area contributed by atoms with E-state index >= 15 is 0 Å². The number of hydrogen-bond acceptors (Lipinski definition) is 4. The summed E-state index contributed by atoms with van der Waals surface area (Å²) in [5.41, 5.74) is 3.40. The second kappa shape index (κ2) is 9.00. The Bertz CT molecular complexity index is 1140. The minimum Gasteiger partial charge on any atom is -0.495 e. The number of sulfonamides is 1. The first kappa shape index (κ1) is 21.4. The number of hydrogen-bond donors (Lipinski definition) is 1. The van der Waals surface area contributed by atoms with Gasteiger partial charge in [0.1, 0.15) is 5.75 Å². The summed E-state index contributed by atoms with van der Waals surface area (Å²) < 4.78 is 31.3. The second-order valence-corrected chi connectivity index (χ2v) is 8.87. The third kappa shape index (κ3) is 5.18. The molecule has 0 aliphatic rings. The highest BCUT2D eigenvalue weighted by Crippen LogP contribution is 2.24. The highest BCUT2D eigenvalue weighted by Gasteiger charge is 2.18. The number of aryl methyl sites for hydroxylation is 1. The lowest BCUT2D eigenvalue weighted by Crippen LogP contribution is -2.29. The van der Waals surface area contributed by atoms with Crippen LogP contribution >= 0.6 is 0 Å². The molecule has 0 fully saturated rings. The van der Waals surface area contributed by atoms with E-state index in [-0.39, 0.29) is 12.5 Å². The fourth-order valence-corrected chi connectivity index (χ4v) is 3.93. The van der Waals surface area contributed by atoms with Gasteiger partial charge in [0, 0.05) is 5.56 Å². The fourth-order valence-electron chi connectivity index (χ4n) is 3.05. The minimum absolute atomic E-state index is 0.177. The summed E-state index contributed by atoms with van der Waals surface area (Å²) in [6, 6.07) is 21.4. The Kier molecular flexibility index (Phi) is 6.42. The molecular weight excluding hydrogens is 400 g/mol. The van der Waals surface area contributed by atoms with E-state index < -0.39 is 10.0 Å². The summed E-state index contributed by atoms with van der Waals surface area (Å²) in [5.74, 6) is 0.300. The van der Waals surface area contributed by atoms with Gasteiger partial charge < -0.3 is 10.1 Å². The van der Waals surface area contributed by atoms with Crippen molar-refractivity contribution in [3.63, 3.8) is 0 Å². The van der Waals surface area contributed by atoms with Crippen molar-refractivity contribution in [2.24, 2.45) is 0 Å². The standard InChI is InChI=1S/C23H24N2O4S/c1-17-7-6-8-20(15-17)25(30(3,27)28)16-18-11-13-19(14-12-18)23(26)24-21-9-4-5-10-22(21)29-2/h4-15H,16H2,1-3H3,(H,24,26). The molecule has 0 bridgehead atoms. The molecular formula is C23H24N2O4S. The molecule has 7 heteroatoms. The molecule has 0 atom stereocenters. The Labute approximate surface area is 177 Å². The Morgan fingerprint density at radius 2 is 1.70 bits per heavy atom. The van der Waals surface area contributed by atoms with E-state index in [1.54, 1.807) is 49.6 Å². The summed E-state index contributed by atoms with van der Waals surface area (Å²) in [4.78, 5) is 12.6.